The van der Waals surface area contributed by atoms with Gasteiger partial charge in [-0.05, 0) is 40.7 Å². The van der Waals surface area contributed by atoms with Crippen LogP contribution in [-0.4, -0.2) is 55.4 Å². The van der Waals surface area contributed by atoms with Gasteiger partial charge in [0, 0.05) is 38.1 Å². The number of amides is 2. The minimum absolute atomic E-state index is 0.0239. The molecule has 178 valence electrons. The average molecular weight is 479 g/mol. The first kappa shape index (κ1) is 25.4. The van der Waals surface area contributed by atoms with E-state index < -0.39 is 27.2 Å². The molecule has 4 N–H and O–H groups in total. The maximum absolute atomic E-state index is 13.2. The highest BCUT2D eigenvalue weighted by Gasteiger charge is 2.23. The van der Waals surface area contributed by atoms with Gasteiger partial charge in [0.1, 0.15) is 0 Å². The normalized spacial score (nSPS) is 12.1. The van der Waals surface area contributed by atoms with Gasteiger partial charge >= 0.3 is 13.2 Å². The molecule has 0 aliphatic rings. The molecule has 10 heteroatoms. The highest BCUT2D eigenvalue weighted by molar-refractivity contribution is 6.76. The molecule has 1 heterocycles. The van der Waals surface area contributed by atoms with E-state index in [4.69, 9.17) is 4.74 Å². The third-order valence-corrected chi connectivity index (χ3v) is 7.10. The molecule has 0 radical (unpaired) electrons. The van der Waals surface area contributed by atoms with Crippen LogP contribution < -0.4 is 16.1 Å². The molecule has 0 saturated heterocycles. The van der Waals surface area contributed by atoms with Crippen molar-refractivity contribution < 1.29 is 24.4 Å². The number of carbonyl (C=O) groups is 2. The summed E-state index contributed by atoms with van der Waals surface area (Å²) in [5.74, 6) is -1.03. The summed E-state index contributed by atoms with van der Waals surface area (Å²) in [6.45, 7) is 6.96. The second kappa shape index (κ2) is 11.3. The molecule has 0 bridgehead atoms. The number of ether oxygens (including phenoxy) is 1. The van der Waals surface area contributed by atoms with E-state index in [2.05, 4.69) is 35.3 Å². The van der Waals surface area contributed by atoms with Crippen LogP contribution >= 0.6 is 0 Å². The molecule has 0 aliphatic heterocycles. The fourth-order valence-electron chi connectivity index (χ4n) is 3.34. The summed E-state index contributed by atoms with van der Waals surface area (Å²) in [7, 11) is -2.93. The van der Waals surface area contributed by atoms with Gasteiger partial charge in [0.05, 0.1) is 12.5 Å². The predicted octanol–water partition coefficient (Wildman–Crippen LogP) is 2.70. The van der Waals surface area contributed by atoms with Crippen molar-refractivity contribution in [1.29, 1.82) is 0 Å². The number of anilines is 1. The number of hydrogen-bond acceptors (Lipinski definition) is 6. The second-order valence-electron chi connectivity index (χ2n) is 9.35. The number of aromatic nitrogens is 1. The van der Waals surface area contributed by atoms with E-state index in [1.807, 2.05) is 18.2 Å². The lowest BCUT2D eigenvalue weighted by atomic mass is 9.79. The maximum Gasteiger partial charge on any atom is 0.488 e. The molecule has 34 heavy (non-hydrogen) atoms. The Kier molecular flexibility index (Phi) is 8.43. The van der Waals surface area contributed by atoms with Crippen molar-refractivity contribution in [2.45, 2.75) is 31.6 Å². The molecule has 2 amide bonds. The first-order valence-corrected chi connectivity index (χ1v) is 14.8. The minimum atomic E-state index is -1.60. The van der Waals surface area contributed by atoms with Crippen LogP contribution in [0.25, 0.3) is 10.8 Å². The zero-order valence-electron chi connectivity index (χ0n) is 19.6. The fraction of sp³-hybridized carbons (Fsp3) is 0.292. The van der Waals surface area contributed by atoms with E-state index in [9.17, 15) is 19.6 Å². The van der Waals surface area contributed by atoms with Crippen LogP contribution in [-0.2, 0) is 9.53 Å². The number of pyridine rings is 1. The monoisotopic (exact) mass is 479 g/mol. The number of rotatable bonds is 9. The molecule has 0 fully saturated rings. The molecule has 0 spiro atoms. The summed E-state index contributed by atoms with van der Waals surface area (Å²) in [5.41, 5.74) is 1.55. The van der Waals surface area contributed by atoms with Crippen LogP contribution in [0.15, 0.2) is 60.9 Å². The molecule has 0 saturated carbocycles. The first-order valence-electron chi connectivity index (χ1n) is 11.1. The van der Waals surface area contributed by atoms with E-state index in [0.29, 0.717) is 23.3 Å². The largest absolute Gasteiger partial charge is 0.488 e. The van der Waals surface area contributed by atoms with Crippen LogP contribution in [0.3, 0.4) is 0 Å². The van der Waals surface area contributed by atoms with Crippen molar-refractivity contribution in [3.8, 4) is 0 Å². The lowest BCUT2D eigenvalue weighted by molar-refractivity contribution is -0.117. The maximum atomic E-state index is 13.2. The Balaban J connectivity index is 1.73. The highest BCUT2D eigenvalue weighted by atomic mass is 28.3. The van der Waals surface area contributed by atoms with E-state index in [1.165, 1.54) is 12.1 Å². The Morgan fingerprint density at radius 1 is 1.06 bits per heavy atom. The lowest BCUT2D eigenvalue weighted by Crippen LogP contribution is -2.36. The number of hydrogen-bond donors (Lipinski definition) is 4. The lowest BCUT2D eigenvalue weighted by Gasteiger charge is -2.19. The van der Waals surface area contributed by atoms with Gasteiger partial charge in [-0.1, -0.05) is 50.0 Å². The van der Waals surface area contributed by atoms with Crippen molar-refractivity contribution in [2.24, 2.45) is 0 Å². The topological polar surface area (TPSA) is 121 Å². The zero-order valence-corrected chi connectivity index (χ0v) is 20.6. The number of alkyl carbamates (subject to hydrolysis) is 1. The average Bonchev–Trinajstić information content (AvgIpc) is 2.78. The van der Waals surface area contributed by atoms with Crippen molar-refractivity contribution >= 4 is 49.1 Å². The van der Waals surface area contributed by atoms with Crippen LogP contribution in [0.5, 0.6) is 0 Å². The summed E-state index contributed by atoms with van der Waals surface area (Å²) in [5, 5.41) is 26.2. The smallest absolute Gasteiger partial charge is 0.450 e. The molecule has 1 unspecified atom stereocenters. The Morgan fingerprint density at radius 3 is 2.47 bits per heavy atom. The van der Waals surface area contributed by atoms with Crippen molar-refractivity contribution in [1.82, 2.24) is 10.3 Å². The summed E-state index contributed by atoms with van der Waals surface area (Å²) in [4.78, 5) is 29.5. The van der Waals surface area contributed by atoms with Gasteiger partial charge in [0.15, 0.2) is 0 Å². The molecule has 3 rings (SSSR count). The van der Waals surface area contributed by atoms with Gasteiger partial charge in [-0.3, -0.25) is 9.78 Å². The van der Waals surface area contributed by atoms with Crippen LogP contribution in [0, 0.1) is 0 Å². The van der Waals surface area contributed by atoms with E-state index in [-0.39, 0.29) is 12.5 Å². The second-order valence-corrected chi connectivity index (χ2v) is 15.0. The minimum Gasteiger partial charge on any atom is -0.450 e. The van der Waals surface area contributed by atoms with Crippen LogP contribution in [0.2, 0.25) is 25.7 Å². The van der Waals surface area contributed by atoms with E-state index >= 15 is 0 Å². The van der Waals surface area contributed by atoms with Gasteiger partial charge in [0.25, 0.3) is 0 Å². The fourth-order valence-corrected chi connectivity index (χ4v) is 4.05. The molecule has 3 aromatic rings. The summed E-state index contributed by atoms with van der Waals surface area (Å²) >= 11 is 0. The standard InChI is InChI=1S/C24H30BN3O5Si/c1-34(2,3)13-12-33-24(30)27-16-22(17-4-7-20(8-5-17)25(31)32)23(29)28-21-9-6-19-15-26-11-10-18(19)14-21/h4-11,14-15,22,31-32H,12-13,16H2,1-3H3,(H,27,30)(H,28,29). The van der Waals surface area contributed by atoms with Crippen LogP contribution in [0.1, 0.15) is 11.5 Å². The molecule has 1 atom stereocenters. The quantitative estimate of drug-likeness (QED) is 0.350. The Hall–Kier alpha value is -3.21. The number of carbonyl (C=O) groups excluding carboxylic acids is 2. The summed E-state index contributed by atoms with van der Waals surface area (Å²) in [6.07, 6.45) is 2.86. The molecule has 2 aromatic carbocycles. The molecule has 0 aliphatic carbocycles. The number of nitrogens with one attached hydrogen (secondary N) is 2. The molecular formula is C24H30BN3O5Si. The number of fused-ring (bicyclic) bond motifs is 1. The molecular weight excluding hydrogens is 449 g/mol. The Bertz CT molecular complexity index is 1140. The molecule has 8 nitrogen and oxygen atoms in total. The van der Waals surface area contributed by atoms with Crippen molar-refractivity contribution in [3.05, 3.63) is 66.5 Å². The van der Waals surface area contributed by atoms with Gasteiger partial charge in [-0.25, -0.2) is 4.79 Å². The summed E-state index contributed by atoms with van der Waals surface area (Å²) in [6, 6.07) is 14.6. The number of nitrogens with zero attached hydrogens (tertiary/aromatic N) is 1. The Labute approximate surface area is 200 Å². The highest BCUT2D eigenvalue weighted by Crippen LogP contribution is 2.21. The van der Waals surface area contributed by atoms with Crippen molar-refractivity contribution in [3.63, 3.8) is 0 Å². The predicted molar refractivity (Wildman–Crippen MR) is 137 cm³/mol. The van der Waals surface area contributed by atoms with Gasteiger partial charge < -0.3 is 25.4 Å². The Morgan fingerprint density at radius 2 is 1.79 bits per heavy atom. The third kappa shape index (κ3) is 7.41. The van der Waals surface area contributed by atoms with Gasteiger partial charge in [-0.2, -0.15) is 0 Å². The zero-order chi connectivity index (χ0) is 24.7. The first-order chi connectivity index (χ1) is 16.1. The van der Waals surface area contributed by atoms with Crippen molar-refractivity contribution in [2.75, 3.05) is 18.5 Å². The van der Waals surface area contributed by atoms with E-state index in [0.717, 1.165) is 16.8 Å². The number of benzene rings is 2. The molecule has 1 aromatic heterocycles. The SMILES string of the molecule is C[Si](C)(C)CCOC(=O)NCC(C(=O)Nc1ccc2cnccc2c1)c1ccc(B(O)O)cc1. The third-order valence-electron chi connectivity index (χ3n) is 5.40. The van der Waals surface area contributed by atoms with E-state index in [1.54, 1.807) is 30.6 Å². The van der Waals surface area contributed by atoms with Gasteiger partial charge in [0.2, 0.25) is 5.91 Å². The van der Waals surface area contributed by atoms with Crippen LogP contribution in [0.4, 0.5) is 10.5 Å². The van der Waals surface area contributed by atoms with Gasteiger partial charge in [-0.15, -0.1) is 0 Å². The summed E-state index contributed by atoms with van der Waals surface area (Å²) < 4.78 is 5.28.